The van der Waals surface area contributed by atoms with Gasteiger partial charge in [-0.05, 0) is 43.6 Å². The molecule has 5 aliphatic rings. The van der Waals surface area contributed by atoms with Crippen molar-refractivity contribution in [3.63, 3.8) is 0 Å². The van der Waals surface area contributed by atoms with Crippen LogP contribution in [0.25, 0.3) is 0 Å². The van der Waals surface area contributed by atoms with E-state index in [1.807, 2.05) is 13.1 Å². The van der Waals surface area contributed by atoms with E-state index in [4.69, 9.17) is 14.2 Å². The molecule has 0 amide bonds. The van der Waals surface area contributed by atoms with Gasteiger partial charge in [-0.2, -0.15) is 0 Å². The molecule has 0 saturated carbocycles. The van der Waals surface area contributed by atoms with Crippen molar-refractivity contribution in [3.8, 4) is 11.5 Å². The molecule has 2 saturated heterocycles. The third-order valence-electron chi connectivity index (χ3n) is 8.83. The number of phenolic OH excluding ortho intramolecular Hbond substituents is 1. The molecule has 1 aromatic carbocycles. The van der Waals surface area contributed by atoms with Gasteiger partial charge in [0.2, 0.25) is 6.29 Å². The minimum Gasteiger partial charge on any atom is -0.504 e. The Morgan fingerprint density at radius 3 is 2.67 bits per heavy atom. The van der Waals surface area contributed by atoms with Gasteiger partial charge in [0.1, 0.15) is 42.7 Å². The Morgan fingerprint density at radius 1 is 1.19 bits per heavy atom. The molecule has 6 N–H and O–H groups in total. The Morgan fingerprint density at radius 2 is 1.94 bits per heavy atom. The van der Waals surface area contributed by atoms with Gasteiger partial charge in [0.25, 0.3) is 0 Å². The van der Waals surface area contributed by atoms with E-state index >= 15 is 0 Å². The zero-order chi connectivity index (χ0) is 25.7. The Balaban J connectivity index is 1.46. The van der Waals surface area contributed by atoms with Gasteiger partial charge < -0.3 is 49.7 Å². The van der Waals surface area contributed by atoms with E-state index in [0.29, 0.717) is 18.6 Å². The molecule has 3 heterocycles. The molecule has 2 fully saturated rings. The van der Waals surface area contributed by atoms with E-state index < -0.39 is 60.4 Å². The first-order valence-corrected chi connectivity index (χ1v) is 12.2. The summed E-state index contributed by atoms with van der Waals surface area (Å²) in [6.07, 6.45) is -6.26. The van der Waals surface area contributed by atoms with Gasteiger partial charge >= 0.3 is 5.97 Å². The summed E-state index contributed by atoms with van der Waals surface area (Å²) in [6.45, 7) is 1.88. The Kier molecular flexibility index (Phi) is 5.44. The van der Waals surface area contributed by atoms with Crippen LogP contribution in [0.5, 0.6) is 11.5 Å². The highest BCUT2D eigenvalue weighted by Gasteiger charge is 2.65. The molecule has 11 atom stereocenters. The Labute approximate surface area is 207 Å². The molecule has 6 rings (SSSR count). The fraction of sp³-hybridized carbons (Fsp3) is 0.640. The average Bonchev–Trinajstić information content (AvgIpc) is 3.19. The monoisotopic (exact) mass is 505 g/mol. The maximum Gasteiger partial charge on any atom is 0.305 e. The van der Waals surface area contributed by atoms with Gasteiger partial charge in [0.05, 0.1) is 0 Å². The highest BCUT2D eigenvalue weighted by Crippen LogP contribution is 2.63. The van der Waals surface area contributed by atoms with Crippen molar-refractivity contribution in [3.05, 3.63) is 34.9 Å². The molecule has 1 unspecified atom stereocenters. The molecule has 0 radical (unpaired) electrons. The molecule has 2 bridgehead atoms. The number of likely N-dealkylation sites (N-methyl/N-ethyl adjacent to an activating group) is 1. The minimum atomic E-state index is -1.75. The van der Waals surface area contributed by atoms with Crippen LogP contribution in [0.3, 0.4) is 0 Å². The summed E-state index contributed by atoms with van der Waals surface area (Å²) in [6, 6.07) is 1.40. The predicted octanol–water partition coefficient (Wildman–Crippen LogP) is -1.40. The molecule has 1 spiro atoms. The fourth-order valence-electron chi connectivity index (χ4n) is 7.19. The second kappa shape index (κ2) is 8.12. The average molecular weight is 506 g/mol. The van der Waals surface area contributed by atoms with Crippen molar-refractivity contribution < 1.29 is 49.6 Å². The van der Waals surface area contributed by atoms with Gasteiger partial charge in [-0.1, -0.05) is 12.2 Å². The van der Waals surface area contributed by atoms with Crippen LogP contribution in [-0.2, 0) is 26.1 Å². The number of aromatic hydroxyl groups is 1. The van der Waals surface area contributed by atoms with Gasteiger partial charge in [0.15, 0.2) is 11.5 Å². The molecule has 3 aliphatic heterocycles. The summed E-state index contributed by atoms with van der Waals surface area (Å²) in [5, 5.41) is 64.6. The second-order valence-electron chi connectivity index (χ2n) is 10.6. The Hall–Kier alpha value is -2.25. The first-order valence-electron chi connectivity index (χ1n) is 12.2. The van der Waals surface area contributed by atoms with Crippen molar-refractivity contribution in [1.82, 2.24) is 4.90 Å². The van der Waals surface area contributed by atoms with Crippen LogP contribution < -0.4 is 4.74 Å². The van der Waals surface area contributed by atoms with E-state index in [1.165, 1.54) is 6.07 Å². The highest BCUT2D eigenvalue weighted by molar-refractivity contribution is 5.66. The molecule has 0 aromatic heterocycles. The lowest BCUT2D eigenvalue weighted by molar-refractivity contribution is -0.302. The number of hydrogen-bond acceptors (Lipinski definition) is 11. The number of esters is 1. The van der Waals surface area contributed by atoms with Gasteiger partial charge in [-0.3, -0.25) is 4.79 Å². The smallest absolute Gasteiger partial charge is 0.305 e. The largest absolute Gasteiger partial charge is 0.504 e. The van der Waals surface area contributed by atoms with Gasteiger partial charge in [-0.15, -0.1) is 0 Å². The molecule has 11 heteroatoms. The van der Waals surface area contributed by atoms with Crippen LogP contribution >= 0.6 is 0 Å². The SMILES string of the molecule is CC(=O)O[C@@H]1O[C@H](C(O)c2cc(O)c3c4c2C[C@@H]2[C@@H]5C=C[C@H](O)[C@H](O3)[C@]45CCN2C)[C@H](O)[C@H](O)[C@H]1O. The summed E-state index contributed by atoms with van der Waals surface area (Å²) < 4.78 is 16.7. The van der Waals surface area contributed by atoms with Crippen LogP contribution in [-0.4, -0.2) is 104 Å². The third kappa shape index (κ3) is 3.08. The highest BCUT2D eigenvalue weighted by atomic mass is 16.7. The number of hydrogen-bond donors (Lipinski definition) is 6. The van der Waals surface area contributed by atoms with E-state index in [0.717, 1.165) is 24.6 Å². The summed E-state index contributed by atoms with van der Waals surface area (Å²) in [5.41, 5.74) is 1.17. The number of phenols is 1. The van der Waals surface area contributed by atoms with Gasteiger partial charge in [0, 0.05) is 29.9 Å². The fourth-order valence-corrected chi connectivity index (χ4v) is 7.19. The molecule has 2 aliphatic carbocycles. The number of nitrogens with zero attached hydrogens (tertiary/aromatic N) is 1. The summed E-state index contributed by atoms with van der Waals surface area (Å²) in [7, 11) is 2.03. The minimum absolute atomic E-state index is 0.0343. The topological polar surface area (TPSA) is 169 Å². The summed E-state index contributed by atoms with van der Waals surface area (Å²) >= 11 is 0. The summed E-state index contributed by atoms with van der Waals surface area (Å²) in [5.74, 6) is -0.654. The number of carbonyl (C=O) groups excluding carboxylic acids is 1. The van der Waals surface area contributed by atoms with E-state index in [9.17, 15) is 35.4 Å². The number of aliphatic hydroxyl groups is 5. The molecular formula is C25H31NO10. The lowest BCUT2D eigenvalue weighted by Crippen LogP contribution is -2.65. The van der Waals surface area contributed by atoms with Crippen LogP contribution in [0.15, 0.2) is 18.2 Å². The number of ether oxygens (including phenoxy) is 3. The first-order chi connectivity index (χ1) is 17.1. The molecule has 196 valence electrons. The molecule has 36 heavy (non-hydrogen) atoms. The van der Waals surface area contributed by atoms with E-state index in [-0.39, 0.29) is 23.3 Å². The number of likely N-dealkylation sites (tertiary alicyclic amines) is 1. The van der Waals surface area contributed by atoms with Gasteiger partial charge in [-0.25, -0.2) is 0 Å². The van der Waals surface area contributed by atoms with Crippen molar-refractivity contribution in [2.75, 3.05) is 13.6 Å². The first kappa shape index (κ1) is 24.1. The number of aliphatic hydroxyl groups excluding tert-OH is 5. The van der Waals surface area contributed by atoms with E-state index in [1.54, 1.807) is 6.08 Å². The van der Waals surface area contributed by atoms with Crippen molar-refractivity contribution in [1.29, 1.82) is 0 Å². The molecule has 1 aromatic rings. The Bertz CT molecular complexity index is 1120. The number of rotatable bonds is 3. The molecule has 11 nitrogen and oxygen atoms in total. The quantitative estimate of drug-likeness (QED) is 0.211. The maximum atomic E-state index is 11.5. The zero-order valence-electron chi connectivity index (χ0n) is 19.9. The van der Waals surface area contributed by atoms with Crippen molar-refractivity contribution >= 4 is 5.97 Å². The lowest BCUT2D eigenvalue weighted by Gasteiger charge is -2.56. The van der Waals surface area contributed by atoms with Crippen LogP contribution in [0, 0.1) is 5.92 Å². The predicted molar refractivity (Wildman–Crippen MR) is 121 cm³/mol. The standard InChI is InChI=1S/C25H31NO10/c1-9(27)34-24-20(33)18(31)19(32)22(36-24)17(30)11-8-15(29)21-16-10(11)7-13-12-3-4-14(28)23(35-21)25(12,16)5-6-26(13)2/h3-4,8,12-14,17-20,22-24,28-33H,5-7H2,1-2H3/t12-,13+,14-,17?,18-,19+,20+,22+,23-,24+,25-/m0/s1. The number of benzene rings is 1. The van der Waals surface area contributed by atoms with Crippen LogP contribution in [0.2, 0.25) is 0 Å². The zero-order valence-corrected chi connectivity index (χ0v) is 19.9. The van der Waals surface area contributed by atoms with Crippen molar-refractivity contribution in [2.24, 2.45) is 5.92 Å². The second-order valence-corrected chi connectivity index (χ2v) is 10.6. The lowest BCUT2D eigenvalue weighted by atomic mass is 9.53. The maximum absolute atomic E-state index is 11.5. The van der Waals surface area contributed by atoms with Crippen molar-refractivity contribution in [2.45, 2.75) is 80.2 Å². The van der Waals surface area contributed by atoms with Crippen LogP contribution in [0.1, 0.15) is 36.1 Å². The van der Waals surface area contributed by atoms with E-state index in [2.05, 4.69) is 4.90 Å². The number of carbonyl (C=O) groups is 1. The number of piperidine rings is 1. The summed E-state index contributed by atoms with van der Waals surface area (Å²) in [4.78, 5) is 13.7. The third-order valence-corrected chi connectivity index (χ3v) is 8.83. The molecular weight excluding hydrogens is 474 g/mol. The van der Waals surface area contributed by atoms with Crippen LogP contribution in [0.4, 0.5) is 0 Å². The normalized spacial score (nSPS) is 43.5.